The molecule has 1 aromatic carbocycles. The summed E-state index contributed by atoms with van der Waals surface area (Å²) in [6.45, 7) is 5.47. The van der Waals surface area contributed by atoms with E-state index in [9.17, 15) is 14.7 Å². The summed E-state index contributed by atoms with van der Waals surface area (Å²) in [5.74, 6) is -0.344. The minimum absolute atomic E-state index is 0.0968. The van der Waals surface area contributed by atoms with Gasteiger partial charge < -0.3 is 5.11 Å². The van der Waals surface area contributed by atoms with E-state index in [2.05, 4.69) is 11.6 Å². The van der Waals surface area contributed by atoms with E-state index in [1.165, 1.54) is 6.08 Å². The van der Waals surface area contributed by atoms with Crippen LogP contribution in [0.5, 0.6) is 5.88 Å². The Morgan fingerprint density at radius 3 is 2.68 bits per heavy atom. The average Bonchev–Trinajstić information content (AvgIpc) is 2.36. The summed E-state index contributed by atoms with van der Waals surface area (Å²) < 4.78 is 1.07. The number of hydrogen-bond donors (Lipinski definition) is 2. The fourth-order valence-electron chi connectivity index (χ4n) is 1.95. The number of aromatic amines is 1. The van der Waals surface area contributed by atoms with Crippen molar-refractivity contribution in [2.45, 2.75) is 13.5 Å². The monoisotopic (exact) mass is 258 g/mol. The first-order valence-electron chi connectivity index (χ1n) is 5.79. The van der Waals surface area contributed by atoms with Gasteiger partial charge in [-0.15, -0.1) is 6.58 Å². The molecule has 0 spiro atoms. The van der Waals surface area contributed by atoms with Crippen molar-refractivity contribution in [3.05, 3.63) is 63.3 Å². The van der Waals surface area contributed by atoms with Gasteiger partial charge in [-0.1, -0.05) is 30.3 Å². The van der Waals surface area contributed by atoms with Gasteiger partial charge in [-0.3, -0.25) is 14.3 Å². The molecule has 2 rings (SSSR count). The van der Waals surface area contributed by atoms with Crippen molar-refractivity contribution in [1.82, 2.24) is 9.55 Å². The van der Waals surface area contributed by atoms with Gasteiger partial charge >= 0.3 is 5.69 Å². The smallest absolute Gasteiger partial charge is 0.331 e. The standard InChI is InChI=1S/C14H14N2O3/c1-3-8-16-13(18)11(12(17)15-14(16)19)10-7-5-4-6-9(10)2/h3-7,18H,1,8H2,2H3,(H,15,17,19). The number of aromatic hydroxyl groups is 1. The molecule has 0 radical (unpaired) electrons. The van der Waals surface area contributed by atoms with Crippen LogP contribution in [0.25, 0.3) is 11.1 Å². The van der Waals surface area contributed by atoms with Gasteiger partial charge in [0.1, 0.15) is 5.56 Å². The number of H-pyrrole nitrogens is 1. The Morgan fingerprint density at radius 1 is 1.37 bits per heavy atom. The highest BCUT2D eigenvalue weighted by Gasteiger charge is 2.16. The van der Waals surface area contributed by atoms with E-state index in [1.54, 1.807) is 12.1 Å². The minimum atomic E-state index is -0.653. The molecule has 1 aromatic heterocycles. The Morgan fingerprint density at radius 2 is 2.05 bits per heavy atom. The molecule has 5 nitrogen and oxygen atoms in total. The van der Waals surface area contributed by atoms with Gasteiger partial charge in [-0.25, -0.2) is 4.79 Å². The molecule has 0 fully saturated rings. The number of allylic oxidation sites excluding steroid dienone is 1. The average molecular weight is 258 g/mol. The van der Waals surface area contributed by atoms with Crippen molar-refractivity contribution in [2.24, 2.45) is 0 Å². The molecule has 1 heterocycles. The van der Waals surface area contributed by atoms with Crippen molar-refractivity contribution in [1.29, 1.82) is 0 Å². The first-order chi connectivity index (χ1) is 9.06. The number of aromatic nitrogens is 2. The molecule has 0 saturated heterocycles. The van der Waals surface area contributed by atoms with Crippen LogP contribution in [0.1, 0.15) is 5.56 Å². The van der Waals surface area contributed by atoms with Crippen LogP contribution in [0.4, 0.5) is 0 Å². The number of aryl methyl sites for hydroxylation is 1. The summed E-state index contributed by atoms with van der Waals surface area (Å²) in [6.07, 6.45) is 1.47. The summed E-state index contributed by atoms with van der Waals surface area (Å²) in [5, 5.41) is 10.2. The first kappa shape index (κ1) is 12.9. The molecule has 0 unspecified atom stereocenters. The van der Waals surface area contributed by atoms with Gasteiger partial charge in [0, 0.05) is 6.54 Å². The van der Waals surface area contributed by atoms with E-state index in [4.69, 9.17) is 0 Å². The molecule has 0 amide bonds. The lowest BCUT2D eigenvalue weighted by molar-refractivity contribution is 0.413. The number of nitrogens with one attached hydrogen (secondary N) is 1. The maximum Gasteiger partial charge on any atom is 0.331 e. The van der Waals surface area contributed by atoms with Crippen molar-refractivity contribution >= 4 is 0 Å². The highest BCUT2D eigenvalue weighted by Crippen LogP contribution is 2.26. The predicted octanol–water partition coefficient (Wildman–Crippen LogP) is 1.40. The van der Waals surface area contributed by atoms with Crippen LogP contribution in [0, 0.1) is 6.92 Å². The molecule has 0 saturated carbocycles. The number of hydrogen-bond acceptors (Lipinski definition) is 3. The second-order valence-electron chi connectivity index (χ2n) is 4.17. The van der Waals surface area contributed by atoms with E-state index in [0.717, 1.165) is 10.1 Å². The molecule has 5 heteroatoms. The zero-order valence-corrected chi connectivity index (χ0v) is 10.5. The van der Waals surface area contributed by atoms with E-state index in [0.29, 0.717) is 5.56 Å². The van der Waals surface area contributed by atoms with Crippen LogP contribution in [0.15, 0.2) is 46.5 Å². The largest absolute Gasteiger partial charge is 0.494 e. The van der Waals surface area contributed by atoms with Gasteiger partial charge in [0.15, 0.2) is 0 Å². The molecule has 0 aliphatic carbocycles. The van der Waals surface area contributed by atoms with Gasteiger partial charge in [-0.2, -0.15) is 0 Å². The molecule has 2 aromatic rings. The molecule has 0 bridgehead atoms. The van der Waals surface area contributed by atoms with Gasteiger partial charge in [0.2, 0.25) is 5.88 Å². The summed E-state index contributed by atoms with van der Waals surface area (Å²) >= 11 is 0. The second-order valence-corrected chi connectivity index (χ2v) is 4.17. The molecule has 0 aliphatic rings. The van der Waals surface area contributed by atoms with Crippen LogP contribution in [-0.4, -0.2) is 14.7 Å². The lowest BCUT2D eigenvalue weighted by atomic mass is 10.0. The van der Waals surface area contributed by atoms with Gasteiger partial charge in [0.25, 0.3) is 5.56 Å². The van der Waals surface area contributed by atoms with Crippen molar-refractivity contribution in [3.8, 4) is 17.0 Å². The fourth-order valence-corrected chi connectivity index (χ4v) is 1.95. The van der Waals surface area contributed by atoms with Gasteiger partial charge in [0.05, 0.1) is 0 Å². The van der Waals surface area contributed by atoms with Crippen molar-refractivity contribution in [3.63, 3.8) is 0 Å². The van der Waals surface area contributed by atoms with Crippen LogP contribution in [0.3, 0.4) is 0 Å². The molecule has 19 heavy (non-hydrogen) atoms. The minimum Gasteiger partial charge on any atom is -0.494 e. The van der Waals surface area contributed by atoms with E-state index in [1.807, 2.05) is 19.1 Å². The predicted molar refractivity (Wildman–Crippen MR) is 73.4 cm³/mol. The molecule has 0 aliphatic heterocycles. The fraction of sp³-hybridized carbons (Fsp3) is 0.143. The molecular formula is C14H14N2O3. The Hall–Kier alpha value is -2.56. The van der Waals surface area contributed by atoms with Crippen LogP contribution in [0.2, 0.25) is 0 Å². The number of benzene rings is 1. The quantitative estimate of drug-likeness (QED) is 0.817. The molecule has 0 atom stereocenters. The third-order valence-electron chi connectivity index (χ3n) is 2.90. The summed E-state index contributed by atoms with van der Waals surface area (Å²) in [4.78, 5) is 25.7. The Labute approximate surface area is 109 Å². The van der Waals surface area contributed by atoms with Crippen molar-refractivity contribution in [2.75, 3.05) is 0 Å². The van der Waals surface area contributed by atoms with Crippen molar-refractivity contribution < 1.29 is 5.11 Å². The number of rotatable bonds is 3. The third-order valence-corrected chi connectivity index (χ3v) is 2.90. The molecule has 98 valence electrons. The maximum atomic E-state index is 11.9. The normalized spacial score (nSPS) is 10.4. The highest BCUT2D eigenvalue weighted by atomic mass is 16.3. The summed E-state index contributed by atoms with van der Waals surface area (Å²) in [5.41, 5.74) is 0.280. The lowest BCUT2D eigenvalue weighted by Gasteiger charge is -2.11. The van der Waals surface area contributed by atoms with Crippen LogP contribution in [-0.2, 0) is 6.54 Å². The summed E-state index contributed by atoms with van der Waals surface area (Å²) in [7, 11) is 0. The third kappa shape index (κ3) is 2.22. The Bertz CT molecular complexity index is 741. The van der Waals surface area contributed by atoms with Crippen LogP contribution < -0.4 is 11.2 Å². The van der Waals surface area contributed by atoms with Gasteiger partial charge in [-0.05, 0) is 18.1 Å². The SMILES string of the molecule is C=CCn1c(O)c(-c2ccccc2C)c(=O)[nH]c1=O. The van der Waals surface area contributed by atoms with Crippen LogP contribution >= 0.6 is 0 Å². The van der Waals surface area contributed by atoms with E-state index < -0.39 is 11.2 Å². The first-order valence-corrected chi connectivity index (χ1v) is 5.79. The number of nitrogens with zero attached hydrogens (tertiary/aromatic N) is 1. The maximum absolute atomic E-state index is 11.9. The summed E-state index contributed by atoms with van der Waals surface area (Å²) in [6, 6.07) is 7.16. The molecule has 2 N–H and O–H groups in total. The lowest BCUT2D eigenvalue weighted by Crippen LogP contribution is -2.30. The topological polar surface area (TPSA) is 75.1 Å². The zero-order valence-electron chi connectivity index (χ0n) is 10.5. The molecular weight excluding hydrogens is 244 g/mol. The van der Waals surface area contributed by atoms with E-state index >= 15 is 0 Å². The van der Waals surface area contributed by atoms with E-state index in [-0.39, 0.29) is 18.0 Å². The Balaban J connectivity index is 2.82. The Kier molecular flexibility index (Phi) is 3.37. The second kappa shape index (κ2) is 4.97. The zero-order chi connectivity index (χ0) is 14.0. The highest BCUT2D eigenvalue weighted by molar-refractivity contribution is 5.70.